The Balaban J connectivity index is 2.22. The Morgan fingerprint density at radius 2 is 2.07 bits per heavy atom. The molecule has 2 atom stereocenters. The van der Waals surface area contributed by atoms with Gasteiger partial charge in [-0.2, -0.15) is 0 Å². The van der Waals surface area contributed by atoms with E-state index in [-0.39, 0.29) is 12.1 Å². The predicted molar refractivity (Wildman–Crippen MR) is 60.2 cm³/mol. The van der Waals surface area contributed by atoms with Crippen molar-refractivity contribution in [2.75, 3.05) is 6.61 Å². The first-order chi connectivity index (χ1) is 6.70. The highest BCUT2D eigenvalue weighted by atomic mass is 16.5. The lowest BCUT2D eigenvalue weighted by Crippen LogP contribution is -2.35. The predicted octanol–water partition coefficient (Wildman–Crippen LogP) is 2.63. The molecule has 1 aliphatic carbocycles. The summed E-state index contributed by atoms with van der Waals surface area (Å²) in [5.41, 5.74) is 7.24. The van der Waals surface area contributed by atoms with Gasteiger partial charge in [0, 0.05) is 6.04 Å². The Hall–Kier alpha value is -0.340. The van der Waals surface area contributed by atoms with Gasteiger partial charge in [-0.1, -0.05) is 24.8 Å². The molecule has 0 bridgehead atoms. The van der Waals surface area contributed by atoms with Crippen molar-refractivity contribution in [3.63, 3.8) is 0 Å². The molecule has 0 aromatic carbocycles. The molecule has 0 amide bonds. The van der Waals surface area contributed by atoms with Gasteiger partial charge in [-0.15, -0.1) is 6.58 Å². The van der Waals surface area contributed by atoms with Crippen LogP contribution in [0.1, 0.15) is 45.4 Å². The number of hydrogen-bond donors (Lipinski definition) is 1. The molecule has 0 radical (unpaired) electrons. The zero-order valence-corrected chi connectivity index (χ0v) is 9.30. The van der Waals surface area contributed by atoms with Crippen LogP contribution >= 0.6 is 0 Å². The average molecular weight is 197 g/mol. The lowest BCUT2D eigenvalue weighted by Gasteiger charge is -2.21. The lowest BCUT2D eigenvalue weighted by molar-refractivity contribution is 0.0332. The van der Waals surface area contributed by atoms with Crippen molar-refractivity contribution >= 4 is 0 Å². The molecule has 14 heavy (non-hydrogen) atoms. The first-order valence-corrected chi connectivity index (χ1v) is 5.71. The van der Waals surface area contributed by atoms with Gasteiger partial charge in [-0.3, -0.25) is 0 Å². The van der Waals surface area contributed by atoms with Crippen LogP contribution in [-0.4, -0.2) is 18.8 Å². The molecular weight excluding hydrogens is 174 g/mol. The Morgan fingerprint density at radius 3 is 2.79 bits per heavy atom. The summed E-state index contributed by atoms with van der Waals surface area (Å²) >= 11 is 0. The SMILES string of the molecule is C=C(C)CCOC1CCCCCC1N. The van der Waals surface area contributed by atoms with Crippen molar-refractivity contribution in [2.45, 2.75) is 57.6 Å². The van der Waals surface area contributed by atoms with Gasteiger partial charge >= 0.3 is 0 Å². The van der Waals surface area contributed by atoms with E-state index in [0.29, 0.717) is 0 Å². The van der Waals surface area contributed by atoms with Crippen molar-refractivity contribution in [2.24, 2.45) is 5.73 Å². The molecular formula is C12H23NO. The molecule has 0 heterocycles. The van der Waals surface area contributed by atoms with E-state index in [1.165, 1.54) is 24.8 Å². The molecule has 1 aliphatic rings. The van der Waals surface area contributed by atoms with Crippen LogP contribution < -0.4 is 5.73 Å². The third kappa shape index (κ3) is 4.25. The van der Waals surface area contributed by atoms with Crippen molar-refractivity contribution < 1.29 is 4.74 Å². The molecule has 2 nitrogen and oxygen atoms in total. The van der Waals surface area contributed by atoms with Gasteiger partial charge in [0.05, 0.1) is 12.7 Å². The highest BCUT2D eigenvalue weighted by Gasteiger charge is 2.20. The molecule has 0 spiro atoms. The van der Waals surface area contributed by atoms with E-state index < -0.39 is 0 Å². The van der Waals surface area contributed by atoms with Crippen LogP contribution in [0.4, 0.5) is 0 Å². The van der Waals surface area contributed by atoms with E-state index in [0.717, 1.165) is 25.9 Å². The molecule has 2 heteroatoms. The summed E-state index contributed by atoms with van der Waals surface area (Å²) in [7, 11) is 0. The van der Waals surface area contributed by atoms with Crippen molar-refractivity contribution in [3.8, 4) is 0 Å². The van der Waals surface area contributed by atoms with Gasteiger partial charge < -0.3 is 10.5 Å². The molecule has 1 fully saturated rings. The minimum absolute atomic E-state index is 0.252. The Labute approximate surface area is 87.5 Å². The smallest absolute Gasteiger partial charge is 0.0726 e. The average Bonchev–Trinajstić information content (AvgIpc) is 2.31. The molecule has 1 saturated carbocycles. The van der Waals surface area contributed by atoms with Crippen LogP contribution in [0, 0.1) is 0 Å². The molecule has 2 unspecified atom stereocenters. The maximum atomic E-state index is 6.05. The second-order valence-electron chi connectivity index (χ2n) is 4.42. The third-order valence-corrected chi connectivity index (χ3v) is 2.86. The number of ether oxygens (including phenoxy) is 1. The first kappa shape index (κ1) is 11.7. The van der Waals surface area contributed by atoms with E-state index in [4.69, 9.17) is 10.5 Å². The van der Waals surface area contributed by atoms with Gasteiger partial charge in [0.25, 0.3) is 0 Å². The van der Waals surface area contributed by atoms with Crippen LogP contribution in [0.5, 0.6) is 0 Å². The molecule has 1 rings (SSSR count). The normalized spacial score (nSPS) is 28.4. The molecule has 0 aromatic heterocycles. The molecule has 0 saturated heterocycles. The number of hydrogen-bond acceptors (Lipinski definition) is 2. The maximum absolute atomic E-state index is 6.05. The van der Waals surface area contributed by atoms with Crippen LogP contribution in [0.3, 0.4) is 0 Å². The van der Waals surface area contributed by atoms with E-state index in [9.17, 15) is 0 Å². The van der Waals surface area contributed by atoms with Crippen LogP contribution in [0.15, 0.2) is 12.2 Å². The van der Waals surface area contributed by atoms with Crippen molar-refractivity contribution in [1.29, 1.82) is 0 Å². The highest BCUT2D eigenvalue weighted by molar-refractivity contribution is 4.87. The fraction of sp³-hybridized carbons (Fsp3) is 0.833. The van der Waals surface area contributed by atoms with Gasteiger partial charge in [0.1, 0.15) is 0 Å². The third-order valence-electron chi connectivity index (χ3n) is 2.86. The summed E-state index contributed by atoms with van der Waals surface area (Å²) in [5.74, 6) is 0. The quantitative estimate of drug-likeness (QED) is 0.555. The summed E-state index contributed by atoms with van der Waals surface area (Å²) in [6.07, 6.45) is 7.36. The summed E-state index contributed by atoms with van der Waals surface area (Å²) in [4.78, 5) is 0. The monoisotopic (exact) mass is 197 g/mol. The Morgan fingerprint density at radius 1 is 1.36 bits per heavy atom. The fourth-order valence-electron chi connectivity index (χ4n) is 1.89. The van der Waals surface area contributed by atoms with Crippen molar-refractivity contribution in [1.82, 2.24) is 0 Å². The van der Waals surface area contributed by atoms with Crippen LogP contribution in [0.25, 0.3) is 0 Å². The summed E-state index contributed by atoms with van der Waals surface area (Å²) < 4.78 is 5.80. The van der Waals surface area contributed by atoms with Crippen molar-refractivity contribution in [3.05, 3.63) is 12.2 Å². The number of nitrogens with two attached hydrogens (primary N) is 1. The standard InChI is InChI=1S/C12H23NO/c1-10(2)8-9-14-12-7-5-3-4-6-11(12)13/h11-12H,1,3-9,13H2,2H3. The largest absolute Gasteiger partial charge is 0.376 e. The number of rotatable bonds is 4. The topological polar surface area (TPSA) is 35.2 Å². The van der Waals surface area contributed by atoms with Gasteiger partial charge in [0.15, 0.2) is 0 Å². The van der Waals surface area contributed by atoms with E-state index in [2.05, 4.69) is 6.58 Å². The first-order valence-electron chi connectivity index (χ1n) is 5.71. The summed E-state index contributed by atoms with van der Waals surface area (Å²) in [6, 6.07) is 0.252. The van der Waals surface area contributed by atoms with Crippen LogP contribution in [-0.2, 0) is 4.74 Å². The summed E-state index contributed by atoms with van der Waals surface area (Å²) in [5, 5.41) is 0. The fourth-order valence-corrected chi connectivity index (χ4v) is 1.89. The van der Waals surface area contributed by atoms with E-state index in [1.807, 2.05) is 6.92 Å². The molecule has 0 aliphatic heterocycles. The van der Waals surface area contributed by atoms with Gasteiger partial charge in [-0.25, -0.2) is 0 Å². The lowest BCUT2D eigenvalue weighted by atomic mass is 10.1. The minimum atomic E-state index is 0.252. The zero-order chi connectivity index (χ0) is 10.4. The van der Waals surface area contributed by atoms with Gasteiger partial charge in [-0.05, 0) is 26.2 Å². The second kappa shape index (κ2) is 6.20. The highest BCUT2D eigenvalue weighted by Crippen LogP contribution is 2.19. The molecule has 2 N–H and O–H groups in total. The second-order valence-corrected chi connectivity index (χ2v) is 4.42. The van der Waals surface area contributed by atoms with Gasteiger partial charge in [0.2, 0.25) is 0 Å². The Bertz CT molecular complexity index is 179. The minimum Gasteiger partial charge on any atom is -0.376 e. The molecule has 0 aromatic rings. The molecule has 82 valence electrons. The summed E-state index contributed by atoms with van der Waals surface area (Å²) in [6.45, 7) is 6.69. The Kier molecular flexibility index (Phi) is 5.20. The van der Waals surface area contributed by atoms with E-state index >= 15 is 0 Å². The zero-order valence-electron chi connectivity index (χ0n) is 9.30. The van der Waals surface area contributed by atoms with E-state index in [1.54, 1.807) is 0 Å². The maximum Gasteiger partial charge on any atom is 0.0726 e. The van der Waals surface area contributed by atoms with Crippen LogP contribution in [0.2, 0.25) is 0 Å².